The molecule has 4 heteroatoms. The van der Waals surface area contributed by atoms with E-state index in [9.17, 15) is 0 Å². The van der Waals surface area contributed by atoms with Crippen molar-refractivity contribution in [2.24, 2.45) is 0 Å². The summed E-state index contributed by atoms with van der Waals surface area (Å²) in [6.45, 7) is 0. The van der Waals surface area contributed by atoms with Gasteiger partial charge in [-0.2, -0.15) is 0 Å². The van der Waals surface area contributed by atoms with Gasteiger partial charge in [-0.25, -0.2) is 4.98 Å². The number of hydrogen-bond acceptors (Lipinski definition) is 1. The highest BCUT2D eigenvalue weighted by Crippen LogP contribution is 2.16. The summed E-state index contributed by atoms with van der Waals surface area (Å²) in [6.07, 6.45) is 1.80. The first-order valence-electron chi connectivity index (χ1n) is 4.05. The van der Waals surface area contributed by atoms with E-state index >= 15 is 0 Å². The number of aromatic nitrogens is 2. The number of alkyl halides is 1. The monoisotopic (exact) mass is 228 g/mol. The molecule has 0 saturated carbocycles. The normalized spacial score (nSPS) is 9.50. The van der Waals surface area contributed by atoms with Crippen molar-refractivity contribution < 1.29 is 0 Å². The number of benzene rings is 1. The average Bonchev–Trinajstić information content (AvgIpc) is 2.67. The molecule has 74 valence electrons. The van der Waals surface area contributed by atoms with Gasteiger partial charge in [-0.15, -0.1) is 24.0 Å². The van der Waals surface area contributed by atoms with Gasteiger partial charge in [0.25, 0.3) is 0 Å². The highest BCUT2D eigenvalue weighted by atomic mass is 35.5. The molecule has 2 nitrogen and oxygen atoms in total. The largest absolute Gasteiger partial charge is 0.341 e. The third-order valence-corrected chi connectivity index (χ3v) is 2.09. The van der Waals surface area contributed by atoms with Gasteiger partial charge in [-0.05, 0) is 5.56 Å². The van der Waals surface area contributed by atoms with E-state index in [-0.39, 0.29) is 12.4 Å². The number of H-pyrrole nitrogens is 1. The summed E-state index contributed by atoms with van der Waals surface area (Å²) in [7, 11) is 0. The van der Waals surface area contributed by atoms with Crippen LogP contribution in [0.2, 0.25) is 0 Å². The van der Waals surface area contributed by atoms with E-state index in [1.54, 1.807) is 6.20 Å². The van der Waals surface area contributed by atoms with Crippen LogP contribution >= 0.6 is 24.0 Å². The molecular weight excluding hydrogens is 219 g/mol. The Balaban J connectivity index is 0.000000980. The lowest BCUT2D eigenvalue weighted by Gasteiger charge is -1.94. The minimum atomic E-state index is 0. The molecule has 0 atom stereocenters. The maximum absolute atomic E-state index is 5.63. The van der Waals surface area contributed by atoms with Crippen molar-refractivity contribution in [3.8, 4) is 11.3 Å². The highest BCUT2D eigenvalue weighted by molar-refractivity contribution is 6.16. The molecule has 0 fully saturated rings. The number of rotatable bonds is 2. The van der Waals surface area contributed by atoms with E-state index in [1.807, 2.05) is 30.3 Å². The van der Waals surface area contributed by atoms with Crippen molar-refractivity contribution in [1.29, 1.82) is 0 Å². The van der Waals surface area contributed by atoms with Gasteiger partial charge >= 0.3 is 0 Å². The molecule has 0 aliphatic carbocycles. The second-order valence-electron chi connectivity index (χ2n) is 2.74. The summed E-state index contributed by atoms with van der Waals surface area (Å²) in [5.41, 5.74) is 2.14. The summed E-state index contributed by atoms with van der Waals surface area (Å²) in [5, 5.41) is 0. The van der Waals surface area contributed by atoms with Crippen LogP contribution in [0.15, 0.2) is 36.5 Å². The molecule has 1 heterocycles. The molecule has 0 saturated heterocycles. The Bertz CT molecular complexity index is 384. The summed E-state index contributed by atoms with van der Waals surface area (Å²) in [4.78, 5) is 7.26. The van der Waals surface area contributed by atoms with Gasteiger partial charge in [-0.1, -0.05) is 30.3 Å². The van der Waals surface area contributed by atoms with Crippen molar-refractivity contribution in [2.75, 3.05) is 0 Å². The van der Waals surface area contributed by atoms with Crippen molar-refractivity contribution >= 4 is 24.0 Å². The van der Waals surface area contributed by atoms with Gasteiger partial charge in [0.1, 0.15) is 5.82 Å². The number of nitrogens with zero attached hydrogens (tertiary/aromatic N) is 1. The van der Waals surface area contributed by atoms with E-state index in [1.165, 1.54) is 0 Å². The Kier molecular flexibility index (Phi) is 3.98. The van der Waals surface area contributed by atoms with E-state index in [2.05, 4.69) is 9.97 Å². The zero-order valence-corrected chi connectivity index (χ0v) is 8.98. The molecule has 1 aromatic heterocycles. The van der Waals surface area contributed by atoms with Gasteiger partial charge in [0.15, 0.2) is 0 Å². The van der Waals surface area contributed by atoms with Crippen LogP contribution in [-0.2, 0) is 5.88 Å². The summed E-state index contributed by atoms with van der Waals surface area (Å²) in [6, 6.07) is 10.0. The fourth-order valence-corrected chi connectivity index (χ4v) is 1.33. The van der Waals surface area contributed by atoms with E-state index < -0.39 is 0 Å². The predicted molar refractivity (Wildman–Crippen MR) is 60.8 cm³/mol. The Hall–Kier alpha value is -0.990. The maximum Gasteiger partial charge on any atom is 0.121 e. The topological polar surface area (TPSA) is 28.7 Å². The maximum atomic E-state index is 5.63. The summed E-state index contributed by atoms with van der Waals surface area (Å²) < 4.78 is 0. The molecule has 1 N–H and O–H groups in total. The van der Waals surface area contributed by atoms with Crippen LogP contribution in [0.5, 0.6) is 0 Å². The lowest BCUT2D eigenvalue weighted by atomic mass is 10.2. The van der Waals surface area contributed by atoms with Gasteiger partial charge in [0, 0.05) is 0 Å². The highest BCUT2D eigenvalue weighted by Gasteiger charge is 2.00. The first kappa shape index (κ1) is 11.1. The van der Waals surface area contributed by atoms with Crippen molar-refractivity contribution in [3.63, 3.8) is 0 Å². The smallest absolute Gasteiger partial charge is 0.121 e. The van der Waals surface area contributed by atoms with Crippen LogP contribution in [0.25, 0.3) is 11.3 Å². The molecule has 0 aliphatic heterocycles. The summed E-state index contributed by atoms with van der Waals surface area (Å²) in [5.74, 6) is 1.23. The standard InChI is InChI=1S/C10H9ClN2.ClH/c11-6-10-12-7-9(13-10)8-4-2-1-3-5-8;/h1-5,7H,6H2,(H,12,13);1H. The molecule has 0 radical (unpaired) electrons. The van der Waals surface area contributed by atoms with Crippen LogP contribution in [-0.4, -0.2) is 9.97 Å². The molecular formula is C10H10Cl2N2. The van der Waals surface area contributed by atoms with E-state index in [4.69, 9.17) is 11.6 Å². The van der Waals surface area contributed by atoms with Crippen LogP contribution in [0.1, 0.15) is 5.82 Å². The van der Waals surface area contributed by atoms with Crippen LogP contribution in [0.3, 0.4) is 0 Å². The van der Waals surface area contributed by atoms with Crippen molar-refractivity contribution in [3.05, 3.63) is 42.4 Å². The van der Waals surface area contributed by atoms with Crippen molar-refractivity contribution in [2.45, 2.75) is 5.88 Å². The fourth-order valence-electron chi connectivity index (χ4n) is 1.19. The molecule has 0 amide bonds. The van der Waals surface area contributed by atoms with Crippen LogP contribution in [0.4, 0.5) is 0 Å². The molecule has 1 aromatic carbocycles. The molecule has 0 aliphatic rings. The third kappa shape index (κ3) is 2.28. The lowest BCUT2D eigenvalue weighted by molar-refractivity contribution is 1.12. The zero-order chi connectivity index (χ0) is 9.10. The SMILES string of the molecule is Cl.ClCc1ncc(-c2ccccc2)[nH]1. The van der Waals surface area contributed by atoms with Crippen LogP contribution in [0, 0.1) is 0 Å². The quantitative estimate of drug-likeness (QED) is 0.786. The minimum absolute atomic E-state index is 0. The summed E-state index contributed by atoms with van der Waals surface area (Å²) >= 11 is 5.63. The Labute approximate surface area is 93.7 Å². The molecule has 0 unspecified atom stereocenters. The second-order valence-corrected chi connectivity index (χ2v) is 3.01. The Morgan fingerprint density at radius 3 is 2.50 bits per heavy atom. The molecule has 2 aromatic rings. The van der Waals surface area contributed by atoms with Crippen molar-refractivity contribution in [1.82, 2.24) is 9.97 Å². The van der Waals surface area contributed by atoms with Crippen LogP contribution < -0.4 is 0 Å². The number of hydrogen-bond donors (Lipinski definition) is 1. The van der Waals surface area contributed by atoms with E-state index in [0.29, 0.717) is 5.88 Å². The number of aromatic amines is 1. The molecule has 0 spiro atoms. The predicted octanol–water partition coefficient (Wildman–Crippen LogP) is 3.24. The Morgan fingerprint density at radius 1 is 1.21 bits per heavy atom. The first-order chi connectivity index (χ1) is 6.40. The Morgan fingerprint density at radius 2 is 1.93 bits per heavy atom. The van der Waals surface area contributed by atoms with Gasteiger partial charge in [-0.3, -0.25) is 0 Å². The number of halogens is 2. The zero-order valence-electron chi connectivity index (χ0n) is 7.40. The lowest BCUT2D eigenvalue weighted by Crippen LogP contribution is -1.80. The molecule has 2 rings (SSSR count). The first-order valence-corrected chi connectivity index (χ1v) is 4.59. The third-order valence-electron chi connectivity index (χ3n) is 1.84. The minimum Gasteiger partial charge on any atom is -0.341 e. The van der Waals surface area contributed by atoms with Gasteiger partial charge in [0.05, 0.1) is 17.8 Å². The number of nitrogens with one attached hydrogen (secondary N) is 1. The fraction of sp³-hybridized carbons (Fsp3) is 0.100. The molecule has 0 bridgehead atoms. The average molecular weight is 229 g/mol. The second kappa shape index (κ2) is 5.03. The van der Waals surface area contributed by atoms with Gasteiger partial charge in [0.2, 0.25) is 0 Å². The van der Waals surface area contributed by atoms with E-state index in [0.717, 1.165) is 17.1 Å². The number of imidazole rings is 1. The molecule has 14 heavy (non-hydrogen) atoms. The van der Waals surface area contributed by atoms with Gasteiger partial charge < -0.3 is 4.98 Å².